The Hall–Kier alpha value is -2.37. The zero-order valence-corrected chi connectivity index (χ0v) is 24.0. The van der Waals surface area contributed by atoms with E-state index in [2.05, 4.69) is 73.2 Å². The van der Waals surface area contributed by atoms with Crippen molar-refractivity contribution in [2.75, 3.05) is 33.8 Å². The lowest BCUT2D eigenvalue weighted by molar-refractivity contribution is -0.149. The van der Waals surface area contributed by atoms with Crippen LogP contribution in [0.15, 0.2) is 54.6 Å². The van der Waals surface area contributed by atoms with Crippen molar-refractivity contribution in [3.05, 3.63) is 65.7 Å². The zero-order valence-electron chi connectivity index (χ0n) is 24.0. The molecule has 208 valence electrons. The minimum Gasteiger partial charge on any atom is -0.497 e. The number of benzene rings is 2. The lowest BCUT2D eigenvalue weighted by Gasteiger charge is -2.59. The number of amides is 1. The van der Waals surface area contributed by atoms with Gasteiger partial charge in [-0.1, -0.05) is 62.7 Å². The maximum Gasteiger partial charge on any atom is 0.222 e. The smallest absolute Gasteiger partial charge is 0.222 e. The third-order valence-electron chi connectivity index (χ3n) is 8.96. The Balaban J connectivity index is 1.48. The van der Waals surface area contributed by atoms with E-state index in [0.29, 0.717) is 25.3 Å². The number of piperidine rings is 1. The number of carbonyl (C=O) groups is 1. The molecule has 2 aromatic carbocycles. The fourth-order valence-electron chi connectivity index (χ4n) is 6.95. The predicted molar refractivity (Wildman–Crippen MR) is 155 cm³/mol. The van der Waals surface area contributed by atoms with Gasteiger partial charge in [-0.25, -0.2) is 0 Å². The van der Waals surface area contributed by atoms with E-state index < -0.39 is 5.60 Å². The Morgan fingerprint density at radius 1 is 1.11 bits per heavy atom. The molecule has 0 spiro atoms. The number of β-amino-alcohol motifs (C(OH)–C–C–N with tert-alkyl or cyclic N) is 1. The molecule has 5 heteroatoms. The minimum atomic E-state index is -0.813. The first-order valence-electron chi connectivity index (χ1n) is 14.7. The number of carbonyl (C=O) groups excluding carboxylic acids is 1. The molecule has 1 aliphatic carbocycles. The summed E-state index contributed by atoms with van der Waals surface area (Å²) in [4.78, 5) is 18.1. The molecule has 38 heavy (non-hydrogen) atoms. The number of unbranched alkanes of at least 4 members (excludes halogenated alkanes) is 2. The molecule has 2 aromatic rings. The maximum absolute atomic E-state index is 13.7. The molecular formula is C33H48N2O3. The van der Waals surface area contributed by atoms with Crippen LogP contribution in [0, 0.1) is 5.92 Å². The number of likely N-dealkylation sites (tertiary alicyclic amines) is 1. The van der Waals surface area contributed by atoms with Crippen molar-refractivity contribution in [2.24, 2.45) is 5.92 Å². The van der Waals surface area contributed by atoms with E-state index >= 15 is 0 Å². The summed E-state index contributed by atoms with van der Waals surface area (Å²) in [6.07, 6.45) is 8.04. The van der Waals surface area contributed by atoms with Crippen LogP contribution in [0.25, 0.3) is 0 Å². The first kappa shape index (κ1) is 28.6. The first-order valence-corrected chi connectivity index (χ1v) is 14.7. The van der Waals surface area contributed by atoms with Gasteiger partial charge in [0.2, 0.25) is 5.91 Å². The Kier molecular flexibility index (Phi) is 9.54. The van der Waals surface area contributed by atoms with Crippen molar-refractivity contribution >= 4 is 5.91 Å². The second-order valence-corrected chi connectivity index (χ2v) is 12.2. The Morgan fingerprint density at radius 2 is 1.89 bits per heavy atom. The quantitative estimate of drug-likeness (QED) is 0.378. The van der Waals surface area contributed by atoms with Gasteiger partial charge in [-0.05, 0) is 87.7 Å². The number of ether oxygens (including phenoxy) is 1. The van der Waals surface area contributed by atoms with Crippen LogP contribution >= 0.6 is 0 Å². The molecular weight excluding hydrogens is 472 g/mol. The highest BCUT2D eigenvalue weighted by Crippen LogP contribution is 2.52. The lowest BCUT2D eigenvalue weighted by atomic mass is 9.55. The van der Waals surface area contributed by atoms with Crippen LogP contribution in [0.2, 0.25) is 0 Å². The molecule has 4 rings (SSSR count). The number of fused-ring (bicyclic) bond motifs is 1. The van der Waals surface area contributed by atoms with Crippen LogP contribution in [-0.2, 0) is 16.6 Å². The van der Waals surface area contributed by atoms with Gasteiger partial charge < -0.3 is 19.6 Å². The van der Waals surface area contributed by atoms with Gasteiger partial charge >= 0.3 is 0 Å². The number of aliphatic hydroxyl groups is 1. The van der Waals surface area contributed by atoms with Crippen LogP contribution in [-0.4, -0.2) is 66.2 Å². The summed E-state index contributed by atoms with van der Waals surface area (Å²) in [6, 6.07) is 19.0. The van der Waals surface area contributed by atoms with E-state index in [4.69, 9.17) is 4.74 Å². The number of hydrogen-bond donors (Lipinski definition) is 1. The summed E-state index contributed by atoms with van der Waals surface area (Å²) in [6.45, 7) is 6.78. The summed E-state index contributed by atoms with van der Waals surface area (Å²) in [5, 5.41) is 12.2. The highest BCUT2D eigenvalue weighted by atomic mass is 16.5. The average molecular weight is 521 g/mol. The van der Waals surface area contributed by atoms with Gasteiger partial charge in [-0.2, -0.15) is 0 Å². The van der Waals surface area contributed by atoms with Gasteiger partial charge in [0.25, 0.3) is 0 Å². The third kappa shape index (κ3) is 6.43. The monoisotopic (exact) mass is 520 g/mol. The molecule has 1 amide bonds. The summed E-state index contributed by atoms with van der Waals surface area (Å²) in [7, 11) is 3.80. The van der Waals surface area contributed by atoms with Gasteiger partial charge in [0.05, 0.1) is 12.7 Å². The molecule has 1 saturated carbocycles. The molecule has 1 saturated heterocycles. The van der Waals surface area contributed by atoms with E-state index in [1.54, 1.807) is 7.11 Å². The summed E-state index contributed by atoms with van der Waals surface area (Å²) >= 11 is 0. The molecule has 1 aliphatic heterocycles. The molecule has 1 N–H and O–H groups in total. The lowest BCUT2D eigenvalue weighted by Crippen LogP contribution is -2.67. The SMILES string of the molecule is COc1cccc([C@@]23CCN(C)C[C@@]2(O)CC[C@@H](N(CC(C)C)C(=O)CCCCCc2ccccc2)C3)c1. The maximum atomic E-state index is 13.7. The second-order valence-electron chi connectivity index (χ2n) is 12.2. The van der Waals surface area contributed by atoms with Crippen LogP contribution in [0.1, 0.15) is 76.3 Å². The standard InChI is InChI=1S/C33H48N2O3/c1-26(2)24-35(31(36)17-10-6-9-14-27-12-7-5-8-13-27)29-18-19-33(37)25-34(3)21-20-32(33,23-29)28-15-11-16-30(22-28)38-4/h5,7-8,11-13,15-16,22,26,29,37H,6,9-10,14,17-21,23-25H2,1-4H3/t29-,32+,33+/m1/s1. The van der Waals surface area contributed by atoms with Crippen LogP contribution < -0.4 is 4.74 Å². The molecule has 0 unspecified atom stereocenters. The van der Waals surface area contributed by atoms with Crippen LogP contribution in [0.3, 0.4) is 0 Å². The van der Waals surface area contributed by atoms with Crippen LogP contribution in [0.4, 0.5) is 0 Å². The molecule has 0 aromatic heterocycles. The number of nitrogens with zero attached hydrogens (tertiary/aromatic N) is 2. The normalized spacial score (nSPS) is 25.7. The molecule has 0 radical (unpaired) electrons. The van der Waals surface area contributed by atoms with Crippen molar-refractivity contribution in [2.45, 2.75) is 88.7 Å². The summed E-state index contributed by atoms with van der Waals surface area (Å²) in [5.74, 6) is 1.51. The van der Waals surface area contributed by atoms with Crippen molar-refractivity contribution < 1.29 is 14.6 Å². The van der Waals surface area contributed by atoms with E-state index in [-0.39, 0.29) is 17.4 Å². The molecule has 1 heterocycles. The van der Waals surface area contributed by atoms with Gasteiger partial charge in [-0.15, -0.1) is 0 Å². The first-order chi connectivity index (χ1) is 18.3. The number of methoxy groups -OCH3 is 1. The summed E-state index contributed by atoms with van der Waals surface area (Å²) in [5.41, 5.74) is 1.32. The van der Waals surface area contributed by atoms with Crippen molar-refractivity contribution in [3.8, 4) is 5.75 Å². The number of rotatable bonds is 11. The molecule has 2 aliphatic rings. The van der Waals surface area contributed by atoms with E-state index in [0.717, 1.165) is 69.3 Å². The highest BCUT2D eigenvalue weighted by molar-refractivity contribution is 5.76. The average Bonchev–Trinajstić information content (AvgIpc) is 2.91. The molecule has 0 bridgehead atoms. The largest absolute Gasteiger partial charge is 0.497 e. The predicted octanol–water partition coefficient (Wildman–Crippen LogP) is 5.84. The van der Waals surface area contributed by atoms with Gasteiger partial charge in [-0.3, -0.25) is 4.79 Å². The van der Waals surface area contributed by atoms with Crippen molar-refractivity contribution in [1.82, 2.24) is 9.80 Å². The fraction of sp³-hybridized carbons (Fsp3) is 0.606. The van der Waals surface area contributed by atoms with E-state index in [1.807, 2.05) is 12.1 Å². The van der Waals surface area contributed by atoms with Gasteiger partial charge in [0.15, 0.2) is 0 Å². The minimum absolute atomic E-state index is 0.143. The van der Waals surface area contributed by atoms with Crippen molar-refractivity contribution in [3.63, 3.8) is 0 Å². The zero-order chi connectivity index (χ0) is 27.2. The second kappa shape index (κ2) is 12.7. The molecule has 3 atom stereocenters. The Bertz CT molecular complexity index is 1040. The Morgan fingerprint density at radius 3 is 2.63 bits per heavy atom. The third-order valence-corrected chi connectivity index (χ3v) is 8.96. The fourth-order valence-corrected chi connectivity index (χ4v) is 6.95. The highest BCUT2D eigenvalue weighted by Gasteiger charge is 2.58. The van der Waals surface area contributed by atoms with Crippen molar-refractivity contribution in [1.29, 1.82) is 0 Å². The molecule has 5 nitrogen and oxygen atoms in total. The Labute approximate surface area is 230 Å². The summed E-state index contributed by atoms with van der Waals surface area (Å²) < 4.78 is 5.58. The van der Waals surface area contributed by atoms with Gasteiger partial charge in [0, 0.05) is 31.0 Å². The molecule has 2 fully saturated rings. The van der Waals surface area contributed by atoms with E-state index in [9.17, 15) is 9.90 Å². The topological polar surface area (TPSA) is 53.0 Å². The van der Waals surface area contributed by atoms with E-state index in [1.165, 1.54) is 5.56 Å². The number of likely N-dealkylation sites (N-methyl/N-ethyl adjacent to an activating group) is 1. The number of aryl methyl sites for hydroxylation is 1. The van der Waals surface area contributed by atoms with Crippen LogP contribution in [0.5, 0.6) is 5.75 Å². The number of hydrogen-bond acceptors (Lipinski definition) is 4. The van der Waals surface area contributed by atoms with Gasteiger partial charge in [0.1, 0.15) is 5.75 Å².